The minimum absolute atomic E-state index is 0.100. The maximum absolute atomic E-state index is 13.5. The topological polar surface area (TPSA) is 91.2 Å². The van der Waals surface area contributed by atoms with E-state index in [2.05, 4.69) is 37.5 Å². The molecule has 1 aliphatic rings. The summed E-state index contributed by atoms with van der Waals surface area (Å²) >= 11 is 1.25. The quantitative estimate of drug-likeness (QED) is 0.253. The van der Waals surface area contributed by atoms with Crippen molar-refractivity contribution in [2.45, 2.75) is 52.6 Å². The van der Waals surface area contributed by atoms with Gasteiger partial charge in [-0.1, -0.05) is 99.3 Å². The number of thioether (sulfide) groups is 1. The van der Waals surface area contributed by atoms with Crippen LogP contribution in [-0.2, 0) is 27.4 Å². The molecule has 0 aliphatic carbocycles. The summed E-state index contributed by atoms with van der Waals surface area (Å²) in [4.78, 5) is 26.3. The van der Waals surface area contributed by atoms with E-state index < -0.39 is 11.9 Å². The fraction of sp³-hybridized carbons (Fsp3) is 0.265. The molecule has 0 unspecified atom stereocenters. The molecule has 3 aromatic rings. The van der Waals surface area contributed by atoms with Gasteiger partial charge in [0.25, 0.3) is 0 Å². The lowest BCUT2D eigenvalue weighted by molar-refractivity contribution is -0.140. The van der Waals surface area contributed by atoms with E-state index in [4.69, 9.17) is 4.74 Å². The third-order valence-electron chi connectivity index (χ3n) is 7.01. The Morgan fingerprint density at radius 1 is 1.00 bits per heavy atom. The highest BCUT2D eigenvalue weighted by Crippen LogP contribution is 2.41. The number of esters is 1. The van der Waals surface area contributed by atoms with E-state index in [-0.39, 0.29) is 18.3 Å². The van der Waals surface area contributed by atoms with Crippen molar-refractivity contribution >= 4 is 29.3 Å². The molecule has 1 heterocycles. The van der Waals surface area contributed by atoms with Crippen molar-refractivity contribution in [3.05, 3.63) is 123 Å². The number of nitriles is 1. The summed E-state index contributed by atoms with van der Waals surface area (Å²) in [5, 5.41) is 17.0. The molecule has 0 aromatic heterocycles. The van der Waals surface area contributed by atoms with E-state index >= 15 is 0 Å². The molecule has 0 saturated carbocycles. The maximum Gasteiger partial charge on any atom is 0.337 e. The van der Waals surface area contributed by atoms with Gasteiger partial charge in [0, 0.05) is 11.4 Å². The third-order valence-corrected chi connectivity index (χ3v) is 8.03. The van der Waals surface area contributed by atoms with Crippen LogP contribution < -0.4 is 10.6 Å². The summed E-state index contributed by atoms with van der Waals surface area (Å²) in [6, 6.07) is 27.6. The molecular weight excluding hydrogens is 530 g/mol. The fourth-order valence-corrected chi connectivity index (χ4v) is 5.55. The summed E-state index contributed by atoms with van der Waals surface area (Å²) in [7, 11) is 0. The van der Waals surface area contributed by atoms with Gasteiger partial charge in [0.2, 0.25) is 5.91 Å². The molecule has 0 saturated heterocycles. The number of hydrogen-bond donors (Lipinski definition) is 2. The molecule has 0 bridgehead atoms. The lowest BCUT2D eigenvalue weighted by Gasteiger charge is -2.29. The van der Waals surface area contributed by atoms with Gasteiger partial charge in [0.1, 0.15) is 6.61 Å². The van der Waals surface area contributed by atoms with Gasteiger partial charge in [-0.05, 0) is 53.6 Å². The van der Waals surface area contributed by atoms with Gasteiger partial charge in [-0.15, -0.1) is 0 Å². The molecule has 7 heteroatoms. The molecule has 0 radical (unpaired) electrons. The Morgan fingerprint density at radius 2 is 1.68 bits per heavy atom. The minimum Gasteiger partial charge on any atom is -0.457 e. The van der Waals surface area contributed by atoms with Crippen molar-refractivity contribution in [3.8, 4) is 6.07 Å². The lowest BCUT2D eigenvalue weighted by Crippen LogP contribution is -2.29. The van der Waals surface area contributed by atoms with Crippen LogP contribution in [0, 0.1) is 11.3 Å². The van der Waals surface area contributed by atoms with E-state index in [1.165, 1.54) is 17.3 Å². The standard InChI is InChI=1S/C34H35N3O3S/c1-5-24-11-17-28(18-12-24)37-30(38)21-41-33-29(19-35)32(27-15-13-26(14-16-27)22(2)3)31(23(4)36-33)34(39)40-20-25-9-7-6-8-10-25/h6-18,22,32,36H,5,20-21H2,1-4H3,(H,37,38)/t32-/m1/s1. The summed E-state index contributed by atoms with van der Waals surface area (Å²) < 4.78 is 5.72. The lowest BCUT2D eigenvalue weighted by atomic mass is 9.82. The molecule has 3 aromatic carbocycles. The number of dihydropyridines is 1. The Bertz CT molecular complexity index is 1480. The van der Waals surface area contributed by atoms with Crippen molar-refractivity contribution in [2.24, 2.45) is 0 Å². The van der Waals surface area contributed by atoms with E-state index in [1.54, 1.807) is 6.92 Å². The first-order valence-corrected chi connectivity index (χ1v) is 14.7. The Hall–Kier alpha value is -4.28. The number of aryl methyl sites for hydroxylation is 1. The number of amides is 1. The highest BCUT2D eigenvalue weighted by atomic mass is 32.2. The normalized spacial score (nSPS) is 14.9. The van der Waals surface area contributed by atoms with Crippen molar-refractivity contribution in [2.75, 3.05) is 11.1 Å². The Morgan fingerprint density at radius 3 is 2.29 bits per heavy atom. The number of allylic oxidation sites excluding steroid dienone is 2. The second-order valence-corrected chi connectivity index (χ2v) is 11.2. The first kappa shape index (κ1) is 29.7. The number of nitrogens with zero attached hydrogens (tertiary/aromatic N) is 1. The van der Waals surface area contributed by atoms with Gasteiger partial charge in [-0.25, -0.2) is 4.79 Å². The fourth-order valence-electron chi connectivity index (χ4n) is 4.66. The number of ether oxygens (including phenoxy) is 1. The van der Waals surface area contributed by atoms with Gasteiger partial charge in [0.05, 0.1) is 33.9 Å². The third kappa shape index (κ3) is 7.47. The first-order chi connectivity index (χ1) is 19.8. The van der Waals surface area contributed by atoms with Crippen LogP contribution in [0.2, 0.25) is 0 Å². The highest BCUT2D eigenvalue weighted by Gasteiger charge is 2.35. The molecule has 1 aliphatic heterocycles. The van der Waals surface area contributed by atoms with Crippen molar-refractivity contribution in [1.82, 2.24) is 5.32 Å². The summed E-state index contributed by atoms with van der Waals surface area (Å²) in [6.45, 7) is 8.25. The Kier molecular flexibility index (Phi) is 10.0. The molecule has 210 valence electrons. The molecule has 6 nitrogen and oxygen atoms in total. The zero-order chi connectivity index (χ0) is 29.4. The molecule has 41 heavy (non-hydrogen) atoms. The van der Waals surface area contributed by atoms with Gasteiger partial charge >= 0.3 is 5.97 Å². The van der Waals surface area contributed by atoms with Crippen LogP contribution in [0.3, 0.4) is 0 Å². The number of anilines is 1. The molecule has 1 amide bonds. The molecule has 4 rings (SSSR count). The van der Waals surface area contributed by atoms with Crippen LogP contribution in [-0.4, -0.2) is 17.6 Å². The van der Waals surface area contributed by atoms with Crippen LogP contribution >= 0.6 is 11.8 Å². The SMILES string of the molecule is CCc1ccc(NC(=O)CSC2=C(C#N)[C@@H](c3ccc(C(C)C)cc3)C(C(=O)OCc3ccccc3)=C(C)N2)cc1. The summed E-state index contributed by atoms with van der Waals surface area (Å²) in [5.41, 5.74) is 6.14. The first-order valence-electron chi connectivity index (χ1n) is 13.7. The Balaban J connectivity index is 1.59. The molecule has 2 N–H and O–H groups in total. The molecule has 0 spiro atoms. The zero-order valence-electron chi connectivity index (χ0n) is 23.9. The van der Waals surface area contributed by atoms with E-state index in [1.807, 2.05) is 78.9 Å². The highest BCUT2D eigenvalue weighted by molar-refractivity contribution is 8.03. The van der Waals surface area contributed by atoms with Gasteiger partial charge in [-0.2, -0.15) is 5.26 Å². The zero-order valence-corrected chi connectivity index (χ0v) is 24.7. The summed E-state index contributed by atoms with van der Waals surface area (Å²) in [6.07, 6.45) is 0.927. The number of benzene rings is 3. The largest absolute Gasteiger partial charge is 0.457 e. The average Bonchev–Trinajstić information content (AvgIpc) is 2.99. The van der Waals surface area contributed by atoms with Crippen molar-refractivity contribution in [1.29, 1.82) is 5.26 Å². The molecule has 1 atom stereocenters. The second-order valence-electron chi connectivity index (χ2n) is 10.2. The number of rotatable bonds is 10. The van der Waals surface area contributed by atoms with E-state index in [0.29, 0.717) is 27.8 Å². The maximum atomic E-state index is 13.5. The van der Waals surface area contributed by atoms with Gasteiger partial charge in [-0.3, -0.25) is 4.79 Å². The monoisotopic (exact) mass is 565 g/mol. The molecule has 0 fully saturated rings. The smallest absolute Gasteiger partial charge is 0.337 e. The summed E-state index contributed by atoms with van der Waals surface area (Å²) in [5.74, 6) is -0.847. The number of carbonyl (C=O) groups excluding carboxylic acids is 2. The van der Waals surface area contributed by atoms with Gasteiger partial charge < -0.3 is 15.4 Å². The predicted octanol–water partition coefficient (Wildman–Crippen LogP) is 7.18. The van der Waals surface area contributed by atoms with Crippen LogP contribution in [0.4, 0.5) is 5.69 Å². The van der Waals surface area contributed by atoms with Crippen molar-refractivity contribution in [3.63, 3.8) is 0 Å². The average molecular weight is 566 g/mol. The predicted molar refractivity (Wildman–Crippen MR) is 165 cm³/mol. The van der Waals surface area contributed by atoms with Crippen LogP contribution in [0.15, 0.2) is 101 Å². The van der Waals surface area contributed by atoms with E-state index in [0.717, 1.165) is 28.8 Å². The number of nitrogens with one attached hydrogen (secondary N) is 2. The second kappa shape index (κ2) is 13.9. The Labute approximate surface area is 246 Å². The number of hydrogen-bond acceptors (Lipinski definition) is 6. The van der Waals surface area contributed by atoms with Crippen LogP contribution in [0.5, 0.6) is 0 Å². The molecular formula is C34H35N3O3S. The van der Waals surface area contributed by atoms with Gasteiger partial charge in [0.15, 0.2) is 0 Å². The number of carbonyl (C=O) groups is 2. The van der Waals surface area contributed by atoms with Crippen LogP contribution in [0.1, 0.15) is 61.8 Å². The minimum atomic E-state index is -0.627. The van der Waals surface area contributed by atoms with Crippen molar-refractivity contribution < 1.29 is 14.3 Å². The van der Waals surface area contributed by atoms with Crippen LogP contribution in [0.25, 0.3) is 0 Å². The van der Waals surface area contributed by atoms with E-state index in [9.17, 15) is 14.9 Å².